The van der Waals surface area contributed by atoms with E-state index in [1.165, 1.54) is 12.1 Å². The molecular formula is C30H35F3N4O4. The number of ether oxygens (including phenoxy) is 2. The number of morpholine rings is 1. The van der Waals surface area contributed by atoms with Crippen LogP contribution in [0.4, 0.5) is 13.2 Å². The maximum absolute atomic E-state index is 13.0. The Hall–Kier alpha value is -3.57. The number of amidine groups is 1. The number of alkyl halides is 3. The fourth-order valence-corrected chi connectivity index (χ4v) is 5.31. The summed E-state index contributed by atoms with van der Waals surface area (Å²) >= 11 is 0. The predicted octanol–water partition coefficient (Wildman–Crippen LogP) is 4.94. The minimum Gasteiger partial charge on any atom is -0.463 e. The van der Waals surface area contributed by atoms with Gasteiger partial charge in [-0.15, -0.1) is 0 Å². The molecule has 220 valence electrons. The zero-order valence-corrected chi connectivity index (χ0v) is 23.1. The van der Waals surface area contributed by atoms with Gasteiger partial charge in [0.2, 0.25) is 6.23 Å². The lowest BCUT2D eigenvalue weighted by Gasteiger charge is -2.31. The lowest BCUT2D eigenvalue weighted by atomic mass is 10.0. The van der Waals surface area contributed by atoms with Gasteiger partial charge in [-0.1, -0.05) is 41.6 Å². The number of rotatable bonds is 10. The number of nitrogens with one attached hydrogen (secondary N) is 1. The first-order chi connectivity index (χ1) is 19.8. The molecule has 0 radical (unpaired) electrons. The van der Waals surface area contributed by atoms with Gasteiger partial charge in [0.15, 0.2) is 5.84 Å². The zero-order valence-electron chi connectivity index (χ0n) is 23.1. The number of allylic oxidation sites excluding steroid dienone is 1. The van der Waals surface area contributed by atoms with Crippen LogP contribution in [0, 0.1) is 0 Å². The molecule has 2 aliphatic heterocycles. The average molecular weight is 573 g/mol. The monoisotopic (exact) mass is 572 g/mol. The molecule has 0 aromatic heterocycles. The fourth-order valence-electron chi connectivity index (χ4n) is 5.31. The highest BCUT2D eigenvalue weighted by molar-refractivity contribution is 5.90. The molecule has 2 aromatic carbocycles. The number of carbonyl (C=O) groups is 1. The molecule has 8 nitrogen and oxygen atoms in total. The summed E-state index contributed by atoms with van der Waals surface area (Å²) in [5.41, 5.74) is 3.31. The fraction of sp³-hybridized carbons (Fsp3) is 0.467. The topological polar surface area (TPSA) is 75.6 Å². The Morgan fingerprint density at radius 3 is 2.37 bits per heavy atom. The van der Waals surface area contributed by atoms with E-state index in [-0.39, 0.29) is 5.97 Å². The molecule has 0 saturated carbocycles. The maximum atomic E-state index is 13.0. The Kier molecular flexibility index (Phi) is 9.14. The Morgan fingerprint density at radius 2 is 1.71 bits per heavy atom. The van der Waals surface area contributed by atoms with E-state index >= 15 is 0 Å². The number of halogens is 3. The lowest BCUT2D eigenvalue weighted by Crippen LogP contribution is -2.44. The van der Waals surface area contributed by atoms with Crippen molar-refractivity contribution < 1.29 is 32.3 Å². The number of hydrogen-bond acceptors (Lipinski definition) is 8. The maximum Gasteiger partial charge on any atom is 0.416 e. The summed E-state index contributed by atoms with van der Waals surface area (Å²) in [5.74, 6) is 0.463. The van der Waals surface area contributed by atoms with E-state index in [0.717, 1.165) is 67.3 Å². The molecule has 2 aromatic rings. The number of oxime groups is 1. The van der Waals surface area contributed by atoms with Gasteiger partial charge in [0.25, 0.3) is 0 Å². The minimum absolute atomic E-state index is 0.271. The molecular weight excluding hydrogens is 537 g/mol. The Balaban J connectivity index is 1.30. The first-order valence-electron chi connectivity index (χ1n) is 14.0. The molecule has 1 N–H and O–H groups in total. The van der Waals surface area contributed by atoms with Crippen LogP contribution in [0.15, 0.2) is 65.0 Å². The van der Waals surface area contributed by atoms with Crippen LogP contribution in [0.5, 0.6) is 0 Å². The average Bonchev–Trinajstić information content (AvgIpc) is 3.62. The van der Waals surface area contributed by atoms with Crippen LogP contribution < -0.4 is 5.32 Å². The van der Waals surface area contributed by atoms with Crippen LogP contribution in [0.25, 0.3) is 11.1 Å². The lowest BCUT2D eigenvalue weighted by molar-refractivity contribution is -0.139. The van der Waals surface area contributed by atoms with Crippen molar-refractivity contribution in [2.45, 2.75) is 38.6 Å². The summed E-state index contributed by atoms with van der Waals surface area (Å²) in [5, 5.41) is 7.82. The smallest absolute Gasteiger partial charge is 0.416 e. The highest BCUT2D eigenvalue weighted by Gasteiger charge is 2.33. The van der Waals surface area contributed by atoms with Crippen LogP contribution in [0.1, 0.15) is 43.5 Å². The van der Waals surface area contributed by atoms with Crippen LogP contribution in [0.2, 0.25) is 0 Å². The van der Waals surface area contributed by atoms with Crippen molar-refractivity contribution in [1.29, 1.82) is 0 Å². The van der Waals surface area contributed by atoms with Gasteiger partial charge in [0, 0.05) is 37.4 Å². The number of hydrogen-bond donors (Lipinski definition) is 1. The number of carbonyl (C=O) groups excluding carboxylic acids is 1. The Labute approximate surface area is 237 Å². The third kappa shape index (κ3) is 7.02. The van der Waals surface area contributed by atoms with Gasteiger partial charge < -0.3 is 24.5 Å². The molecule has 5 rings (SSSR count). The van der Waals surface area contributed by atoms with Gasteiger partial charge in [-0.05, 0) is 49.4 Å². The van der Waals surface area contributed by atoms with Gasteiger partial charge in [-0.3, -0.25) is 4.90 Å². The summed E-state index contributed by atoms with van der Waals surface area (Å²) in [6.45, 7) is 7.17. The first-order valence-corrected chi connectivity index (χ1v) is 14.0. The van der Waals surface area contributed by atoms with E-state index in [1.54, 1.807) is 6.92 Å². The second-order valence-electron chi connectivity index (χ2n) is 10.2. The van der Waals surface area contributed by atoms with Crippen molar-refractivity contribution in [1.82, 2.24) is 15.1 Å². The normalized spacial score (nSPS) is 19.8. The van der Waals surface area contributed by atoms with E-state index in [2.05, 4.69) is 20.3 Å². The van der Waals surface area contributed by atoms with Crippen molar-refractivity contribution in [2.24, 2.45) is 5.16 Å². The third-order valence-electron chi connectivity index (χ3n) is 7.57. The summed E-state index contributed by atoms with van der Waals surface area (Å²) in [7, 11) is 0. The number of benzene rings is 2. The molecule has 11 heteroatoms. The summed E-state index contributed by atoms with van der Waals surface area (Å²) < 4.78 is 49.6. The molecule has 2 heterocycles. The molecule has 1 saturated heterocycles. The van der Waals surface area contributed by atoms with Crippen LogP contribution in [0.3, 0.4) is 0 Å². The number of esters is 1. The molecule has 3 aliphatic rings. The third-order valence-corrected chi connectivity index (χ3v) is 7.57. The molecule has 1 aliphatic carbocycles. The van der Waals surface area contributed by atoms with Crippen molar-refractivity contribution in [2.75, 3.05) is 52.5 Å². The van der Waals surface area contributed by atoms with Gasteiger partial charge in [0.1, 0.15) is 0 Å². The quantitative estimate of drug-likeness (QED) is 0.405. The van der Waals surface area contributed by atoms with Gasteiger partial charge in [0.05, 0.1) is 37.5 Å². The molecule has 0 spiro atoms. The Morgan fingerprint density at radius 1 is 1.02 bits per heavy atom. The molecule has 0 amide bonds. The van der Waals surface area contributed by atoms with E-state index < -0.39 is 18.0 Å². The van der Waals surface area contributed by atoms with Gasteiger partial charge in [-0.25, -0.2) is 4.79 Å². The van der Waals surface area contributed by atoms with Gasteiger partial charge in [-0.2, -0.15) is 13.2 Å². The largest absolute Gasteiger partial charge is 0.463 e. The highest BCUT2D eigenvalue weighted by atomic mass is 19.4. The second kappa shape index (κ2) is 12.9. The number of nitrogens with zero attached hydrogens (tertiary/aromatic N) is 3. The molecule has 0 bridgehead atoms. The Bertz CT molecular complexity index is 1260. The second-order valence-corrected chi connectivity index (χ2v) is 10.2. The van der Waals surface area contributed by atoms with Crippen molar-refractivity contribution >= 4 is 11.8 Å². The zero-order chi connectivity index (χ0) is 28.8. The summed E-state index contributed by atoms with van der Waals surface area (Å²) in [6.07, 6.45) is -2.44. The van der Waals surface area contributed by atoms with Crippen molar-refractivity contribution in [3.8, 4) is 11.1 Å². The van der Waals surface area contributed by atoms with E-state index in [1.807, 2.05) is 24.3 Å². The first kappa shape index (κ1) is 28.9. The molecule has 1 unspecified atom stereocenters. The molecule has 1 fully saturated rings. The van der Waals surface area contributed by atoms with E-state index in [4.69, 9.17) is 14.3 Å². The van der Waals surface area contributed by atoms with E-state index in [9.17, 15) is 18.0 Å². The van der Waals surface area contributed by atoms with Crippen LogP contribution in [-0.2, 0) is 25.3 Å². The summed E-state index contributed by atoms with van der Waals surface area (Å²) in [4.78, 5) is 22.8. The highest BCUT2D eigenvalue weighted by Crippen LogP contribution is 2.33. The SMILES string of the molecule is CCOC(=O)C1=C(NCC2=NOC(c3ccc(-c4ccc(C(F)(F)F)cc4)cc3)N2CCN2CCOCC2)CCC1. The van der Waals surface area contributed by atoms with E-state index in [0.29, 0.717) is 50.5 Å². The van der Waals surface area contributed by atoms with Crippen molar-refractivity contribution in [3.05, 3.63) is 70.9 Å². The predicted molar refractivity (Wildman–Crippen MR) is 148 cm³/mol. The standard InChI is InChI=1S/C30H35F3N4O4/c1-2-40-29(38)25-4-3-5-26(25)34-20-27-35-41-28(37(27)15-14-36-16-18-39-19-17-36)23-8-6-21(7-9-23)22-10-12-24(13-11-22)30(31,32)33/h6-13,28,34H,2-5,14-20H2,1H3. The van der Waals surface area contributed by atoms with Crippen LogP contribution >= 0.6 is 0 Å². The van der Waals surface area contributed by atoms with Crippen molar-refractivity contribution in [3.63, 3.8) is 0 Å². The molecule has 41 heavy (non-hydrogen) atoms. The minimum atomic E-state index is -4.37. The van der Waals surface area contributed by atoms with Gasteiger partial charge >= 0.3 is 12.1 Å². The van der Waals surface area contributed by atoms with Crippen LogP contribution in [-0.4, -0.2) is 74.1 Å². The molecule has 1 atom stereocenters. The summed E-state index contributed by atoms with van der Waals surface area (Å²) in [6, 6.07) is 12.8.